The zero-order valence-corrected chi connectivity index (χ0v) is 13.7. The van der Waals surface area contributed by atoms with Crippen LogP contribution >= 0.6 is 0 Å². The minimum atomic E-state index is 0.423. The minimum Gasteiger partial charge on any atom is -0.493 e. The highest BCUT2D eigenvalue weighted by Gasteiger charge is 2.41. The van der Waals surface area contributed by atoms with Gasteiger partial charge in [-0.2, -0.15) is 0 Å². The van der Waals surface area contributed by atoms with E-state index in [1.807, 2.05) is 0 Å². The highest BCUT2D eigenvalue weighted by Crippen LogP contribution is 2.50. The van der Waals surface area contributed by atoms with Gasteiger partial charge in [0.1, 0.15) is 5.75 Å². The average molecular weight is 287 g/mol. The van der Waals surface area contributed by atoms with Crippen molar-refractivity contribution in [2.75, 3.05) is 13.2 Å². The maximum Gasteiger partial charge on any atom is 0.127 e. The molecule has 0 aromatic heterocycles. The van der Waals surface area contributed by atoms with Crippen LogP contribution in [0.3, 0.4) is 0 Å². The number of ether oxygens (including phenoxy) is 1. The van der Waals surface area contributed by atoms with Crippen molar-refractivity contribution in [1.82, 2.24) is 5.32 Å². The third-order valence-electron chi connectivity index (χ3n) is 5.44. The Morgan fingerprint density at radius 1 is 1.38 bits per heavy atom. The van der Waals surface area contributed by atoms with E-state index < -0.39 is 0 Å². The lowest BCUT2D eigenvalue weighted by Crippen LogP contribution is -2.34. The monoisotopic (exact) mass is 287 g/mol. The smallest absolute Gasteiger partial charge is 0.127 e. The van der Waals surface area contributed by atoms with Gasteiger partial charge in [-0.15, -0.1) is 0 Å². The molecule has 21 heavy (non-hydrogen) atoms. The highest BCUT2D eigenvalue weighted by atomic mass is 16.5. The molecule has 0 bridgehead atoms. The summed E-state index contributed by atoms with van der Waals surface area (Å²) in [5, 5.41) is 3.83. The summed E-state index contributed by atoms with van der Waals surface area (Å²) in [4.78, 5) is 0. The van der Waals surface area contributed by atoms with E-state index in [0.29, 0.717) is 17.4 Å². The van der Waals surface area contributed by atoms with Gasteiger partial charge in [-0.3, -0.25) is 0 Å². The van der Waals surface area contributed by atoms with Gasteiger partial charge in [0.15, 0.2) is 0 Å². The molecule has 2 unspecified atom stereocenters. The second-order valence-electron chi connectivity index (χ2n) is 7.35. The molecule has 1 N–H and O–H groups in total. The SMILES string of the molecule is CCCNC(c1cccc2c1OCC2)C1CCCC1(C)C. The van der Waals surface area contributed by atoms with Crippen LogP contribution in [0.15, 0.2) is 18.2 Å². The van der Waals surface area contributed by atoms with E-state index in [-0.39, 0.29) is 0 Å². The fourth-order valence-corrected chi connectivity index (χ4v) is 4.23. The van der Waals surface area contributed by atoms with Crippen LogP contribution in [0.4, 0.5) is 0 Å². The van der Waals surface area contributed by atoms with Gasteiger partial charge in [-0.05, 0) is 42.7 Å². The normalized spacial score (nSPS) is 24.6. The zero-order valence-electron chi connectivity index (χ0n) is 13.7. The van der Waals surface area contributed by atoms with Crippen LogP contribution < -0.4 is 10.1 Å². The fraction of sp³-hybridized carbons (Fsp3) is 0.684. The van der Waals surface area contributed by atoms with Crippen molar-refractivity contribution in [2.24, 2.45) is 11.3 Å². The molecule has 1 heterocycles. The first-order valence-electron chi connectivity index (χ1n) is 8.61. The lowest BCUT2D eigenvalue weighted by atomic mass is 9.75. The van der Waals surface area contributed by atoms with Crippen LogP contribution in [0.25, 0.3) is 0 Å². The van der Waals surface area contributed by atoms with Crippen LogP contribution in [0.1, 0.15) is 63.6 Å². The maximum atomic E-state index is 5.98. The third kappa shape index (κ3) is 2.83. The number of rotatable bonds is 5. The van der Waals surface area contributed by atoms with E-state index in [1.165, 1.54) is 42.6 Å². The molecule has 0 saturated heterocycles. The summed E-state index contributed by atoms with van der Waals surface area (Å²) in [7, 11) is 0. The molecule has 0 radical (unpaired) electrons. The molecule has 1 aliphatic carbocycles. The Morgan fingerprint density at radius 2 is 2.24 bits per heavy atom. The largest absolute Gasteiger partial charge is 0.493 e. The summed E-state index contributed by atoms with van der Waals surface area (Å²) in [6.45, 7) is 9.06. The van der Waals surface area contributed by atoms with Crippen molar-refractivity contribution in [2.45, 2.75) is 58.9 Å². The van der Waals surface area contributed by atoms with Gasteiger partial charge < -0.3 is 10.1 Å². The van der Waals surface area contributed by atoms with Crippen LogP contribution in [0.5, 0.6) is 5.75 Å². The quantitative estimate of drug-likeness (QED) is 0.861. The fourth-order valence-electron chi connectivity index (χ4n) is 4.23. The number of para-hydroxylation sites is 1. The van der Waals surface area contributed by atoms with E-state index in [0.717, 1.165) is 19.6 Å². The van der Waals surface area contributed by atoms with Crippen molar-refractivity contribution < 1.29 is 4.74 Å². The summed E-state index contributed by atoms with van der Waals surface area (Å²) < 4.78 is 5.98. The van der Waals surface area contributed by atoms with E-state index in [2.05, 4.69) is 44.3 Å². The molecule has 2 heteroatoms. The summed E-state index contributed by atoms with van der Waals surface area (Å²) in [6.07, 6.45) is 6.28. The Kier molecular flexibility index (Phi) is 4.26. The molecular formula is C19H29NO. The van der Waals surface area contributed by atoms with E-state index >= 15 is 0 Å². The average Bonchev–Trinajstić information content (AvgIpc) is 3.06. The van der Waals surface area contributed by atoms with Crippen molar-refractivity contribution in [3.8, 4) is 5.75 Å². The molecule has 0 amide bonds. The molecular weight excluding hydrogens is 258 g/mol. The summed E-state index contributed by atoms with van der Waals surface area (Å²) in [5.74, 6) is 1.88. The predicted octanol–water partition coefficient (Wildman–Crippen LogP) is 4.49. The molecule has 0 spiro atoms. The van der Waals surface area contributed by atoms with E-state index in [4.69, 9.17) is 4.74 Å². The molecule has 116 valence electrons. The van der Waals surface area contributed by atoms with Crippen LogP contribution in [0, 0.1) is 11.3 Å². The summed E-state index contributed by atoms with van der Waals surface area (Å²) in [6, 6.07) is 7.16. The Hall–Kier alpha value is -1.02. The molecule has 1 aromatic rings. The summed E-state index contributed by atoms with van der Waals surface area (Å²) in [5.41, 5.74) is 3.22. The van der Waals surface area contributed by atoms with Gasteiger partial charge >= 0.3 is 0 Å². The first-order valence-corrected chi connectivity index (χ1v) is 8.61. The molecule has 1 saturated carbocycles. The number of hydrogen-bond donors (Lipinski definition) is 1. The second kappa shape index (κ2) is 6.00. The van der Waals surface area contributed by atoms with Gasteiger partial charge in [-0.25, -0.2) is 0 Å². The number of hydrogen-bond acceptors (Lipinski definition) is 2. The first-order chi connectivity index (χ1) is 10.1. The van der Waals surface area contributed by atoms with Gasteiger partial charge in [0.25, 0.3) is 0 Å². The molecule has 2 nitrogen and oxygen atoms in total. The molecule has 2 aliphatic rings. The van der Waals surface area contributed by atoms with Crippen LogP contribution in [-0.4, -0.2) is 13.2 Å². The van der Waals surface area contributed by atoms with Crippen LogP contribution in [0.2, 0.25) is 0 Å². The van der Waals surface area contributed by atoms with Crippen LogP contribution in [-0.2, 0) is 6.42 Å². The topological polar surface area (TPSA) is 21.3 Å². The minimum absolute atomic E-state index is 0.423. The number of benzene rings is 1. The number of fused-ring (bicyclic) bond motifs is 1. The second-order valence-corrected chi connectivity index (χ2v) is 7.35. The zero-order chi connectivity index (χ0) is 14.9. The lowest BCUT2D eigenvalue weighted by molar-refractivity contribution is 0.194. The van der Waals surface area contributed by atoms with E-state index in [9.17, 15) is 0 Å². The summed E-state index contributed by atoms with van der Waals surface area (Å²) >= 11 is 0. The molecule has 1 aromatic carbocycles. The van der Waals surface area contributed by atoms with Crippen molar-refractivity contribution in [3.05, 3.63) is 29.3 Å². The predicted molar refractivity (Wildman–Crippen MR) is 87.8 cm³/mol. The molecule has 2 atom stereocenters. The van der Waals surface area contributed by atoms with Gasteiger partial charge in [0.05, 0.1) is 6.61 Å². The molecule has 1 fully saturated rings. The van der Waals surface area contributed by atoms with Gasteiger partial charge in [0.2, 0.25) is 0 Å². The van der Waals surface area contributed by atoms with Gasteiger partial charge in [-0.1, -0.05) is 45.4 Å². The standard InChI is InChI=1S/C19H29NO/c1-4-12-20-17(16-9-6-11-19(16,2)3)15-8-5-7-14-10-13-21-18(14)15/h5,7-8,16-17,20H,4,6,9-13H2,1-3H3. The Bertz CT molecular complexity index is 494. The Balaban J connectivity index is 1.94. The highest BCUT2D eigenvalue weighted by molar-refractivity contribution is 5.46. The first kappa shape index (κ1) is 14.9. The van der Waals surface area contributed by atoms with Gasteiger partial charge in [0, 0.05) is 18.0 Å². The van der Waals surface area contributed by atoms with E-state index in [1.54, 1.807) is 0 Å². The maximum absolute atomic E-state index is 5.98. The third-order valence-corrected chi connectivity index (χ3v) is 5.44. The molecule has 1 aliphatic heterocycles. The lowest BCUT2D eigenvalue weighted by Gasteiger charge is -2.35. The van der Waals surface area contributed by atoms with Crippen molar-refractivity contribution >= 4 is 0 Å². The molecule has 3 rings (SSSR count). The van der Waals surface area contributed by atoms with Crippen molar-refractivity contribution in [3.63, 3.8) is 0 Å². The van der Waals surface area contributed by atoms with Crippen molar-refractivity contribution in [1.29, 1.82) is 0 Å². The Labute approximate surface area is 129 Å². The number of nitrogens with one attached hydrogen (secondary N) is 1. The Morgan fingerprint density at radius 3 is 2.95 bits per heavy atom.